The first-order chi connectivity index (χ1) is 16.2. The largest absolute Gasteiger partial charge is 0.487 e. The lowest BCUT2D eigenvalue weighted by molar-refractivity contribution is 0.0342. The molecule has 2 fully saturated rings. The van der Waals surface area contributed by atoms with E-state index in [1.54, 1.807) is 0 Å². The number of rotatable bonds is 5. The van der Waals surface area contributed by atoms with Gasteiger partial charge >= 0.3 is 0 Å². The highest BCUT2D eigenvalue weighted by Gasteiger charge is 2.43. The normalized spacial score (nSPS) is 21.9. The molecule has 2 aliphatic heterocycles. The van der Waals surface area contributed by atoms with Gasteiger partial charge in [-0.25, -0.2) is 0 Å². The highest BCUT2D eigenvalue weighted by molar-refractivity contribution is 14.0. The molecule has 5 rings (SSSR count). The summed E-state index contributed by atoms with van der Waals surface area (Å²) in [5.41, 5.74) is 3.81. The van der Waals surface area contributed by atoms with Gasteiger partial charge in [-0.1, -0.05) is 42.5 Å². The molecule has 2 aromatic rings. The summed E-state index contributed by atoms with van der Waals surface area (Å²) in [6, 6.07) is 17.5. The molecule has 1 spiro atoms. The topological polar surface area (TPSA) is 58.1 Å². The SMILES string of the molecule is CN=C(NCc1cccc(CN2CCOCC2)c1)NC1CC2(CCCC2)Oc2ccccc21.I. The lowest BCUT2D eigenvalue weighted by atomic mass is 9.86. The molecular formula is C27H37IN4O2. The van der Waals surface area contributed by atoms with Crippen molar-refractivity contribution in [3.05, 3.63) is 65.2 Å². The van der Waals surface area contributed by atoms with E-state index in [2.05, 4.69) is 69.1 Å². The molecule has 6 nitrogen and oxygen atoms in total. The molecule has 2 heterocycles. The van der Waals surface area contributed by atoms with Gasteiger partial charge in [-0.15, -0.1) is 24.0 Å². The third-order valence-corrected chi connectivity index (χ3v) is 7.21. The van der Waals surface area contributed by atoms with Gasteiger partial charge in [0.15, 0.2) is 5.96 Å². The molecule has 0 aromatic heterocycles. The van der Waals surface area contributed by atoms with E-state index in [-0.39, 0.29) is 35.6 Å². The van der Waals surface area contributed by atoms with Crippen molar-refractivity contribution in [3.63, 3.8) is 0 Å². The fourth-order valence-electron chi connectivity index (χ4n) is 5.47. The van der Waals surface area contributed by atoms with E-state index < -0.39 is 0 Å². The van der Waals surface area contributed by atoms with E-state index in [1.807, 2.05) is 7.05 Å². The van der Waals surface area contributed by atoms with Crippen molar-refractivity contribution in [1.29, 1.82) is 0 Å². The standard InChI is InChI=1S/C27H36N4O2.HI/c1-28-26(29-19-21-7-6-8-22(17-21)20-31-13-15-32-16-14-31)30-24-18-27(11-4-5-12-27)33-25-10-3-2-9-23(24)25;/h2-3,6-10,17,24H,4-5,11-16,18-20H2,1H3,(H2,28,29,30);1H. The van der Waals surface area contributed by atoms with E-state index in [1.165, 1.54) is 29.5 Å². The number of hydrogen-bond acceptors (Lipinski definition) is 4. The second kappa shape index (κ2) is 11.7. The summed E-state index contributed by atoms with van der Waals surface area (Å²) in [7, 11) is 1.85. The van der Waals surface area contributed by atoms with Crippen LogP contribution >= 0.6 is 24.0 Å². The molecule has 0 radical (unpaired) electrons. The van der Waals surface area contributed by atoms with Gasteiger partial charge in [-0.3, -0.25) is 9.89 Å². The predicted molar refractivity (Wildman–Crippen MR) is 147 cm³/mol. The molecule has 184 valence electrons. The number of para-hydroxylation sites is 1. The first-order valence-corrected chi connectivity index (χ1v) is 12.4. The Morgan fingerprint density at radius 3 is 2.62 bits per heavy atom. The predicted octanol–water partition coefficient (Wildman–Crippen LogP) is 4.64. The number of hydrogen-bond donors (Lipinski definition) is 2. The Labute approximate surface area is 220 Å². The molecule has 0 amide bonds. The van der Waals surface area contributed by atoms with Gasteiger partial charge in [0, 0.05) is 45.2 Å². The minimum atomic E-state index is -0.0291. The molecule has 34 heavy (non-hydrogen) atoms. The summed E-state index contributed by atoms with van der Waals surface area (Å²) in [6.07, 6.45) is 5.77. The second-order valence-corrected chi connectivity index (χ2v) is 9.57. The molecule has 0 bridgehead atoms. The van der Waals surface area contributed by atoms with Crippen LogP contribution in [0.2, 0.25) is 0 Å². The summed E-state index contributed by atoms with van der Waals surface area (Å²) < 4.78 is 12.0. The van der Waals surface area contributed by atoms with Gasteiger partial charge in [0.25, 0.3) is 0 Å². The number of nitrogens with one attached hydrogen (secondary N) is 2. The fraction of sp³-hybridized carbons (Fsp3) is 0.519. The average Bonchev–Trinajstić information content (AvgIpc) is 3.29. The van der Waals surface area contributed by atoms with Crippen molar-refractivity contribution in [1.82, 2.24) is 15.5 Å². The Morgan fingerprint density at radius 2 is 1.82 bits per heavy atom. The van der Waals surface area contributed by atoms with E-state index in [0.29, 0.717) is 0 Å². The zero-order valence-electron chi connectivity index (χ0n) is 20.1. The van der Waals surface area contributed by atoms with Crippen LogP contribution in [0.4, 0.5) is 0 Å². The number of nitrogens with zero attached hydrogens (tertiary/aromatic N) is 2. The van der Waals surface area contributed by atoms with Crippen LogP contribution in [0.1, 0.15) is 54.8 Å². The Kier molecular flexibility index (Phi) is 8.71. The maximum atomic E-state index is 6.52. The highest BCUT2D eigenvalue weighted by atomic mass is 127. The number of fused-ring (bicyclic) bond motifs is 1. The fourth-order valence-corrected chi connectivity index (χ4v) is 5.47. The minimum absolute atomic E-state index is 0. The number of halogens is 1. The molecule has 2 N–H and O–H groups in total. The third-order valence-electron chi connectivity index (χ3n) is 7.21. The third kappa shape index (κ3) is 6.04. The van der Waals surface area contributed by atoms with Crippen LogP contribution in [0.5, 0.6) is 5.75 Å². The molecule has 1 saturated carbocycles. The number of benzene rings is 2. The van der Waals surface area contributed by atoms with Crippen LogP contribution in [0.25, 0.3) is 0 Å². The zero-order valence-corrected chi connectivity index (χ0v) is 22.4. The highest BCUT2D eigenvalue weighted by Crippen LogP contribution is 2.46. The molecule has 1 atom stereocenters. The lowest BCUT2D eigenvalue weighted by Crippen LogP contribution is -2.46. The van der Waals surface area contributed by atoms with E-state index in [0.717, 1.165) is 70.4 Å². The molecule has 1 aliphatic carbocycles. The average molecular weight is 577 g/mol. The Hall–Kier alpha value is -1.84. The van der Waals surface area contributed by atoms with Crippen molar-refractivity contribution >= 4 is 29.9 Å². The Bertz CT molecular complexity index is 971. The van der Waals surface area contributed by atoms with Crippen molar-refractivity contribution in [2.24, 2.45) is 4.99 Å². The number of ether oxygens (including phenoxy) is 2. The quantitative estimate of drug-likeness (QED) is 0.309. The van der Waals surface area contributed by atoms with Gasteiger partial charge in [-0.2, -0.15) is 0 Å². The minimum Gasteiger partial charge on any atom is -0.487 e. The number of guanidine groups is 1. The first kappa shape index (κ1) is 25.3. The smallest absolute Gasteiger partial charge is 0.191 e. The molecular weight excluding hydrogens is 539 g/mol. The van der Waals surface area contributed by atoms with E-state index >= 15 is 0 Å². The zero-order chi connectivity index (χ0) is 22.5. The van der Waals surface area contributed by atoms with Crippen LogP contribution in [-0.2, 0) is 17.8 Å². The van der Waals surface area contributed by atoms with Crippen molar-refractivity contribution in [3.8, 4) is 5.75 Å². The van der Waals surface area contributed by atoms with Gasteiger partial charge in [-0.05, 0) is 42.9 Å². The monoisotopic (exact) mass is 576 g/mol. The molecule has 1 unspecified atom stereocenters. The van der Waals surface area contributed by atoms with Crippen LogP contribution in [0.15, 0.2) is 53.5 Å². The van der Waals surface area contributed by atoms with Gasteiger partial charge < -0.3 is 20.1 Å². The summed E-state index contributed by atoms with van der Waals surface area (Å²) in [6.45, 7) is 5.40. The lowest BCUT2D eigenvalue weighted by Gasteiger charge is -2.40. The molecule has 7 heteroatoms. The van der Waals surface area contributed by atoms with Crippen LogP contribution in [0, 0.1) is 0 Å². The number of morpholine rings is 1. The maximum absolute atomic E-state index is 6.52. The van der Waals surface area contributed by atoms with Crippen molar-refractivity contribution < 1.29 is 9.47 Å². The van der Waals surface area contributed by atoms with Gasteiger partial charge in [0.1, 0.15) is 11.4 Å². The van der Waals surface area contributed by atoms with Crippen LogP contribution in [-0.4, -0.2) is 49.8 Å². The van der Waals surface area contributed by atoms with Gasteiger partial charge in [0.2, 0.25) is 0 Å². The van der Waals surface area contributed by atoms with Crippen LogP contribution < -0.4 is 15.4 Å². The summed E-state index contributed by atoms with van der Waals surface area (Å²) >= 11 is 0. The molecule has 3 aliphatic rings. The number of aliphatic imine (C=N–C) groups is 1. The van der Waals surface area contributed by atoms with Gasteiger partial charge in [0.05, 0.1) is 19.3 Å². The maximum Gasteiger partial charge on any atom is 0.191 e. The summed E-state index contributed by atoms with van der Waals surface area (Å²) in [4.78, 5) is 6.99. The second-order valence-electron chi connectivity index (χ2n) is 9.57. The first-order valence-electron chi connectivity index (χ1n) is 12.4. The Morgan fingerprint density at radius 1 is 1.06 bits per heavy atom. The van der Waals surface area contributed by atoms with Crippen molar-refractivity contribution in [2.45, 2.75) is 56.8 Å². The summed E-state index contributed by atoms with van der Waals surface area (Å²) in [5, 5.41) is 7.24. The summed E-state index contributed by atoms with van der Waals surface area (Å²) in [5.74, 6) is 1.86. The molecule has 1 saturated heterocycles. The van der Waals surface area contributed by atoms with Crippen molar-refractivity contribution in [2.75, 3.05) is 33.4 Å². The van der Waals surface area contributed by atoms with E-state index in [4.69, 9.17) is 9.47 Å². The molecule has 2 aromatic carbocycles. The van der Waals surface area contributed by atoms with E-state index in [9.17, 15) is 0 Å². The Balaban J connectivity index is 0.00000274. The van der Waals surface area contributed by atoms with Crippen LogP contribution in [0.3, 0.4) is 0 Å².